The number of benzene rings is 2. The molecule has 2 aromatic carbocycles. The van der Waals surface area contributed by atoms with Crippen LogP contribution in [0.4, 0.5) is 0 Å². The predicted molar refractivity (Wildman–Crippen MR) is 95.3 cm³/mol. The van der Waals surface area contributed by atoms with Gasteiger partial charge in [0.15, 0.2) is 6.10 Å². The Morgan fingerprint density at radius 3 is 2.28 bits per heavy atom. The van der Waals surface area contributed by atoms with E-state index in [4.69, 9.17) is 21.1 Å². The lowest BCUT2D eigenvalue weighted by atomic mass is 10.0. The van der Waals surface area contributed by atoms with E-state index in [0.29, 0.717) is 10.6 Å². The molecule has 0 aliphatic heterocycles. The second-order valence-corrected chi connectivity index (χ2v) is 5.81. The zero-order chi connectivity index (χ0) is 18.2. The van der Waals surface area contributed by atoms with Crippen molar-refractivity contribution in [1.29, 1.82) is 0 Å². The summed E-state index contributed by atoms with van der Waals surface area (Å²) in [4.78, 5) is 24.7. The smallest absolute Gasteiger partial charge is 0.328 e. The number of halogens is 1. The molecule has 2 atom stereocenters. The van der Waals surface area contributed by atoms with Gasteiger partial charge in [0.25, 0.3) is 5.91 Å². The molecular weight excluding hydrogens is 342 g/mol. The summed E-state index contributed by atoms with van der Waals surface area (Å²) < 4.78 is 10.1. The quantitative estimate of drug-likeness (QED) is 0.770. The highest BCUT2D eigenvalue weighted by Crippen LogP contribution is 2.19. The summed E-state index contributed by atoms with van der Waals surface area (Å²) in [6, 6.07) is 15.3. The molecule has 0 saturated carbocycles. The summed E-state index contributed by atoms with van der Waals surface area (Å²) in [5.41, 5.74) is 1.44. The van der Waals surface area contributed by atoms with Crippen LogP contribution in [0.5, 0.6) is 0 Å². The van der Waals surface area contributed by atoms with Crippen molar-refractivity contribution in [3.63, 3.8) is 0 Å². The fourth-order valence-electron chi connectivity index (χ4n) is 2.49. The van der Waals surface area contributed by atoms with Gasteiger partial charge < -0.3 is 14.8 Å². The van der Waals surface area contributed by atoms with Gasteiger partial charge in [0.1, 0.15) is 6.04 Å². The zero-order valence-corrected chi connectivity index (χ0v) is 14.8. The minimum Gasteiger partial charge on any atom is -0.467 e. The van der Waals surface area contributed by atoms with Crippen LogP contribution >= 0.6 is 11.6 Å². The van der Waals surface area contributed by atoms with E-state index in [1.807, 2.05) is 24.3 Å². The maximum absolute atomic E-state index is 12.6. The Bertz CT molecular complexity index is 720. The predicted octanol–water partition coefficient (Wildman–Crippen LogP) is 2.93. The first-order chi connectivity index (χ1) is 12.1. The third-order valence-corrected chi connectivity index (χ3v) is 4.13. The molecule has 2 rings (SSSR count). The van der Waals surface area contributed by atoms with Crippen molar-refractivity contribution < 1.29 is 19.1 Å². The molecule has 0 unspecified atom stereocenters. The SMILES string of the molecule is COC(=O)[C@H](Cc1ccccc1Cl)NC(=O)[C@H](OC)c1ccccc1. The van der Waals surface area contributed by atoms with E-state index in [1.165, 1.54) is 14.2 Å². The molecule has 1 amide bonds. The molecule has 0 aliphatic carbocycles. The molecule has 5 nitrogen and oxygen atoms in total. The molecule has 0 radical (unpaired) electrons. The molecule has 25 heavy (non-hydrogen) atoms. The minimum absolute atomic E-state index is 0.226. The van der Waals surface area contributed by atoms with Crippen LogP contribution in [0.25, 0.3) is 0 Å². The minimum atomic E-state index is -0.862. The number of hydrogen-bond acceptors (Lipinski definition) is 4. The highest BCUT2D eigenvalue weighted by Gasteiger charge is 2.27. The van der Waals surface area contributed by atoms with Gasteiger partial charge in [-0.05, 0) is 17.2 Å². The first-order valence-electron chi connectivity index (χ1n) is 7.76. The number of ether oxygens (including phenoxy) is 2. The van der Waals surface area contributed by atoms with Crippen molar-refractivity contribution >= 4 is 23.5 Å². The summed E-state index contributed by atoms with van der Waals surface area (Å²) in [7, 11) is 2.72. The summed E-state index contributed by atoms with van der Waals surface area (Å²) in [6.45, 7) is 0. The Morgan fingerprint density at radius 1 is 1.04 bits per heavy atom. The van der Waals surface area contributed by atoms with Crippen LogP contribution < -0.4 is 5.32 Å². The van der Waals surface area contributed by atoms with Gasteiger partial charge in [0, 0.05) is 18.6 Å². The van der Waals surface area contributed by atoms with E-state index in [9.17, 15) is 9.59 Å². The van der Waals surface area contributed by atoms with Crippen LogP contribution in [-0.4, -0.2) is 32.1 Å². The number of hydrogen-bond donors (Lipinski definition) is 1. The molecule has 0 heterocycles. The lowest BCUT2D eigenvalue weighted by molar-refractivity contribution is -0.146. The van der Waals surface area contributed by atoms with Gasteiger partial charge in [-0.3, -0.25) is 4.79 Å². The van der Waals surface area contributed by atoms with Crippen LogP contribution in [0.15, 0.2) is 54.6 Å². The van der Waals surface area contributed by atoms with Crippen molar-refractivity contribution in [3.05, 3.63) is 70.7 Å². The Kier molecular flexibility index (Phi) is 6.98. The monoisotopic (exact) mass is 361 g/mol. The Morgan fingerprint density at radius 2 is 1.68 bits per heavy atom. The summed E-state index contributed by atoms with van der Waals surface area (Å²) in [5.74, 6) is -0.965. The average molecular weight is 362 g/mol. The molecule has 0 aromatic heterocycles. The van der Waals surface area contributed by atoms with Crippen molar-refractivity contribution in [2.24, 2.45) is 0 Å². The average Bonchev–Trinajstić information content (AvgIpc) is 2.63. The van der Waals surface area contributed by atoms with E-state index in [1.54, 1.807) is 30.3 Å². The molecule has 0 fully saturated rings. The van der Waals surface area contributed by atoms with Gasteiger partial charge in [-0.2, -0.15) is 0 Å². The number of carbonyl (C=O) groups is 2. The Balaban J connectivity index is 2.17. The van der Waals surface area contributed by atoms with E-state index in [0.717, 1.165) is 5.56 Å². The highest BCUT2D eigenvalue weighted by atomic mass is 35.5. The van der Waals surface area contributed by atoms with Gasteiger partial charge >= 0.3 is 5.97 Å². The van der Waals surface area contributed by atoms with Gasteiger partial charge in [-0.1, -0.05) is 60.1 Å². The number of methoxy groups -OCH3 is 2. The van der Waals surface area contributed by atoms with E-state index in [2.05, 4.69) is 5.32 Å². The topological polar surface area (TPSA) is 64.6 Å². The molecule has 0 saturated heterocycles. The lowest BCUT2D eigenvalue weighted by Crippen LogP contribution is -2.45. The first-order valence-corrected chi connectivity index (χ1v) is 8.14. The summed E-state index contributed by atoms with van der Waals surface area (Å²) in [6.07, 6.45) is -0.594. The van der Waals surface area contributed by atoms with Crippen molar-refractivity contribution in [3.8, 4) is 0 Å². The fraction of sp³-hybridized carbons (Fsp3) is 0.263. The van der Waals surface area contributed by atoms with E-state index in [-0.39, 0.29) is 6.42 Å². The second-order valence-electron chi connectivity index (χ2n) is 5.41. The standard InChI is InChI=1S/C19H20ClNO4/c1-24-17(13-8-4-3-5-9-13)18(22)21-16(19(23)25-2)12-14-10-6-7-11-15(14)20/h3-11,16-17H,12H2,1-2H3,(H,21,22)/t16-,17+/m0/s1. The van der Waals surface area contributed by atoms with E-state index < -0.39 is 24.0 Å². The molecule has 0 bridgehead atoms. The summed E-state index contributed by atoms with van der Waals surface area (Å²) >= 11 is 6.15. The number of rotatable bonds is 7. The highest BCUT2D eigenvalue weighted by molar-refractivity contribution is 6.31. The van der Waals surface area contributed by atoms with Crippen molar-refractivity contribution in [2.75, 3.05) is 14.2 Å². The van der Waals surface area contributed by atoms with Gasteiger partial charge in [-0.25, -0.2) is 4.79 Å². The van der Waals surface area contributed by atoms with Crippen LogP contribution in [0.3, 0.4) is 0 Å². The maximum atomic E-state index is 12.6. The van der Waals surface area contributed by atoms with Gasteiger partial charge in [0.05, 0.1) is 7.11 Å². The molecule has 0 spiro atoms. The largest absolute Gasteiger partial charge is 0.467 e. The molecule has 132 valence electrons. The third-order valence-electron chi connectivity index (χ3n) is 3.76. The van der Waals surface area contributed by atoms with Crippen LogP contribution in [0, 0.1) is 0 Å². The third kappa shape index (κ3) is 5.05. The Labute approximate surface area is 151 Å². The van der Waals surface area contributed by atoms with Gasteiger partial charge in [-0.15, -0.1) is 0 Å². The molecule has 0 aliphatic rings. The van der Waals surface area contributed by atoms with E-state index >= 15 is 0 Å². The number of nitrogens with one attached hydrogen (secondary N) is 1. The van der Waals surface area contributed by atoms with Crippen LogP contribution in [-0.2, 0) is 25.5 Å². The number of esters is 1. The Hall–Kier alpha value is -2.37. The van der Waals surface area contributed by atoms with Crippen LogP contribution in [0.1, 0.15) is 17.2 Å². The lowest BCUT2D eigenvalue weighted by Gasteiger charge is -2.21. The van der Waals surface area contributed by atoms with Crippen LogP contribution in [0.2, 0.25) is 5.02 Å². The normalized spacial score (nSPS) is 12.9. The summed E-state index contributed by atoms with van der Waals surface area (Å²) in [5, 5.41) is 3.22. The molecule has 1 N–H and O–H groups in total. The van der Waals surface area contributed by atoms with Gasteiger partial charge in [0.2, 0.25) is 0 Å². The fourth-order valence-corrected chi connectivity index (χ4v) is 2.70. The van der Waals surface area contributed by atoms with Crippen molar-refractivity contribution in [1.82, 2.24) is 5.32 Å². The molecular formula is C19H20ClNO4. The zero-order valence-electron chi connectivity index (χ0n) is 14.1. The second kappa shape index (κ2) is 9.20. The molecule has 2 aromatic rings. The first kappa shape index (κ1) is 19.0. The number of carbonyl (C=O) groups excluding carboxylic acids is 2. The number of amides is 1. The van der Waals surface area contributed by atoms with Crippen molar-refractivity contribution in [2.45, 2.75) is 18.6 Å². The maximum Gasteiger partial charge on any atom is 0.328 e. The molecule has 6 heteroatoms.